The minimum absolute atomic E-state index is 0.332. The number of thioether (sulfide) groups is 2. The standard InChI is InChI=1S/C27H30OS2/c1-18(21-15-19-9-5-6-10-23(19)25(16-21)28-2)22-14-13-20(17-27(22)30-4)24-11-7-8-12-26(24)29-3/h7-8,11-18H,5-6,9-10H2,1-4H3. The predicted molar refractivity (Wildman–Crippen MR) is 133 cm³/mol. The van der Waals surface area contributed by atoms with Gasteiger partial charge in [0.2, 0.25) is 0 Å². The molecule has 0 heterocycles. The highest BCUT2D eigenvalue weighted by Crippen LogP contribution is 2.40. The molecule has 3 aromatic carbocycles. The van der Waals surface area contributed by atoms with Crippen LogP contribution in [0.25, 0.3) is 11.1 Å². The van der Waals surface area contributed by atoms with Crippen LogP contribution in [-0.2, 0) is 12.8 Å². The van der Waals surface area contributed by atoms with Crippen molar-refractivity contribution >= 4 is 23.5 Å². The molecule has 0 amide bonds. The van der Waals surface area contributed by atoms with Crippen LogP contribution in [-0.4, -0.2) is 19.6 Å². The van der Waals surface area contributed by atoms with E-state index in [9.17, 15) is 0 Å². The van der Waals surface area contributed by atoms with E-state index in [1.807, 2.05) is 30.6 Å². The zero-order chi connectivity index (χ0) is 21.1. The first-order valence-electron chi connectivity index (χ1n) is 10.7. The van der Waals surface area contributed by atoms with Crippen molar-refractivity contribution in [2.24, 2.45) is 0 Å². The molecule has 1 aliphatic carbocycles. The van der Waals surface area contributed by atoms with Crippen molar-refractivity contribution < 1.29 is 4.74 Å². The summed E-state index contributed by atoms with van der Waals surface area (Å²) in [6.45, 7) is 2.33. The summed E-state index contributed by atoms with van der Waals surface area (Å²) in [5.74, 6) is 1.41. The summed E-state index contributed by atoms with van der Waals surface area (Å²) in [6.07, 6.45) is 9.21. The number of ether oxygens (including phenoxy) is 1. The number of aryl methyl sites for hydroxylation is 1. The van der Waals surface area contributed by atoms with Gasteiger partial charge in [0, 0.05) is 15.7 Å². The van der Waals surface area contributed by atoms with Crippen LogP contribution in [0.4, 0.5) is 0 Å². The molecule has 4 rings (SSSR count). The first-order valence-corrected chi connectivity index (χ1v) is 13.1. The molecule has 0 aliphatic heterocycles. The summed E-state index contributed by atoms with van der Waals surface area (Å²) in [5, 5.41) is 0. The van der Waals surface area contributed by atoms with Gasteiger partial charge in [-0.3, -0.25) is 0 Å². The number of methoxy groups -OCH3 is 1. The Morgan fingerprint density at radius 3 is 2.40 bits per heavy atom. The van der Waals surface area contributed by atoms with E-state index >= 15 is 0 Å². The summed E-state index contributed by atoms with van der Waals surface area (Å²) in [7, 11) is 1.81. The van der Waals surface area contributed by atoms with Crippen LogP contribution in [0.1, 0.15) is 47.9 Å². The van der Waals surface area contributed by atoms with Gasteiger partial charge in [0.05, 0.1) is 7.11 Å². The van der Waals surface area contributed by atoms with Gasteiger partial charge >= 0.3 is 0 Å². The van der Waals surface area contributed by atoms with Crippen molar-refractivity contribution in [2.45, 2.75) is 48.3 Å². The second-order valence-electron chi connectivity index (χ2n) is 7.95. The number of hydrogen-bond donors (Lipinski definition) is 0. The number of fused-ring (bicyclic) bond motifs is 1. The quantitative estimate of drug-likeness (QED) is 0.366. The van der Waals surface area contributed by atoms with Gasteiger partial charge in [-0.1, -0.05) is 43.3 Å². The van der Waals surface area contributed by atoms with Crippen LogP contribution >= 0.6 is 23.5 Å². The third kappa shape index (κ3) is 4.15. The van der Waals surface area contributed by atoms with Crippen molar-refractivity contribution in [1.29, 1.82) is 0 Å². The van der Waals surface area contributed by atoms with E-state index in [-0.39, 0.29) is 0 Å². The molecule has 1 nitrogen and oxygen atoms in total. The molecule has 3 aromatic rings. The van der Waals surface area contributed by atoms with Gasteiger partial charge in [-0.2, -0.15) is 0 Å². The maximum Gasteiger partial charge on any atom is 0.122 e. The van der Waals surface area contributed by atoms with Crippen LogP contribution < -0.4 is 4.74 Å². The van der Waals surface area contributed by atoms with Gasteiger partial charge < -0.3 is 4.74 Å². The van der Waals surface area contributed by atoms with Crippen molar-refractivity contribution in [3.05, 3.63) is 76.9 Å². The zero-order valence-corrected chi connectivity index (χ0v) is 20.0. The molecule has 0 N–H and O–H groups in total. The van der Waals surface area contributed by atoms with E-state index < -0.39 is 0 Å². The third-order valence-corrected chi connectivity index (χ3v) is 7.87. The second kappa shape index (κ2) is 9.53. The van der Waals surface area contributed by atoms with E-state index in [1.54, 1.807) is 0 Å². The number of hydrogen-bond acceptors (Lipinski definition) is 3. The van der Waals surface area contributed by atoms with E-state index in [0.29, 0.717) is 5.92 Å². The zero-order valence-electron chi connectivity index (χ0n) is 18.3. The lowest BCUT2D eigenvalue weighted by molar-refractivity contribution is 0.405. The van der Waals surface area contributed by atoms with Crippen LogP contribution in [0.15, 0.2) is 64.4 Å². The first kappa shape index (κ1) is 21.4. The Labute approximate surface area is 189 Å². The highest BCUT2D eigenvalue weighted by molar-refractivity contribution is 7.99. The molecule has 156 valence electrons. The lowest BCUT2D eigenvalue weighted by Crippen LogP contribution is -2.08. The highest BCUT2D eigenvalue weighted by atomic mass is 32.2. The predicted octanol–water partition coefficient (Wildman–Crippen LogP) is 7.84. The maximum atomic E-state index is 5.79. The molecule has 0 saturated heterocycles. The second-order valence-corrected chi connectivity index (χ2v) is 9.64. The highest BCUT2D eigenvalue weighted by Gasteiger charge is 2.20. The summed E-state index contributed by atoms with van der Waals surface area (Å²) in [5.41, 5.74) is 8.27. The van der Waals surface area contributed by atoms with Crippen molar-refractivity contribution in [3.8, 4) is 16.9 Å². The number of rotatable bonds is 6. The van der Waals surface area contributed by atoms with Gasteiger partial charge in [0.1, 0.15) is 5.75 Å². The molecule has 0 bridgehead atoms. The molecular formula is C27H30OS2. The lowest BCUT2D eigenvalue weighted by Gasteiger charge is -2.23. The fraction of sp³-hybridized carbons (Fsp3) is 0.333. The van der Waals surface area contributed by atoms with Gasteiger partial charge in [-0.15, -0.1) is 23.5 Å². The Bertz CT molecular complexity index is 1020. The largest absolute Gasteiger partial charge is 0.496 e. The molecule has 30 heavy (non-hydrogen) atoms. The Morgan fingerprint density at radius 1 is 0.867 bits per heavy atom. The van der Waals surface area contributed by atoms with Crippen LogP contribution in [0.5, 0.6) is 5.75 Å². The minimum Gasteiger partial charge on any atom is -0.496 e. The average molecular weight is 435 g/mol. The molecule has 3 heteroatoms. The van der Waals surface area contributed by atoms with Crippen LogP contribution in [0, 0.1) is 0 Å². The van der Waals surface area contributed by atoms with Gasteiger partial charge in [0.15, 0.2) is 0 Å². The SMILES string of the molecule is COc1cc(C(C)c2ccc(-c3ccccc3SC)cc2SC)cc2c1CCCC2. The Balaban J connectivity index is 1.74. The number of benzene rings is 3. The molecule has 1 unspecified atom stereocenters. The molecular weight excluding hydrogens is 404 g/mol. The van der Waals surface area contributed by atoms with E-state index in [1.165, 1.54) is 62.4 Å². The molecule has 0 fully saturated rings. The van der Waals surface area contributed by atoms with Gasteiger partial charge in [0.25, 0.3) is 0 Å². The lowest BCUT2D eigenvalue weighted by atomic mass is 9.85. The molecule has 0 radical (unpaired) electrons. The molecule has 1 aliphatic rings. The van der Waals surface area contributed by atoms with E-state index in [4.69, 9.17) is 4.74 Å². The van der Waals surface area contributed by atoms with Crippen LogP contribution in [0.2, 0.25) is 0 Å². The summed E-state index contributed by atoms with van der Waals surface area (Å²) >= 11 is 3.65. The molecule has 0 saturated carbocycles. The normalized spacial score (nSPS) is 14.3. The van der Waals surface area contributed by atoms with Crippen molar-refractivity contribution in [1.82, 2.24) is 0 Å². The van der Waals surface area contributed by atoms with Crippen molar-refractivity contribution in [2.75, 3.05) is 19.6 Å². The third-order valence-electron chi connectivity index (χ3n) is 6.28. The van der Waals surface area contributed by atoms with E-state index in [0.717, 1.165) is 12.2 Å². The summed E-state index contributed by atoms with van der Waals surface area (Å²) < 4.78 is 5.79. The Morgan fingerprint density at radius 2 is 1.63 bits per heavy atom. The molecule has 1 atom stereocenters. The summed E-state index contributed by atoms with van der Waals surface area (Å²) in [4.78, 5) is 2.68. The Hall–Kier alpha value is -1.84. The topological polar surface area (TPSA) is 9.23 Å². The molecule has 0 aromatic heterocycles. The fourth-order valence-corrected chi connectivity index (χ4v) is 5.93. The van der Waals surface area contributed by atoms with Crippen LogP contribution in [0.3, 0.4) is 0 Å². The van der Waals surface area contributed by atoms with E-state index in [2.05, 4.69) is 74.0 Å². The molecule has 0 spiro atoms. The fourth-order valence-electron chi connectivity index (χ4n) is 4.58. The average Bonchev–Trinajstić information content (AvgIpc) is 2.82. The Kier molecular flexibility index (Phi) is 6.80. The first-order chi connectivity index (χ1) is 14.7. The van der Waals surface area contributed by atoms with Gasteiger partial charge in [-0.25, -0.2) is 0 Å². The smallest absolute Gasteiger partial charge is 0.122 e. The van der Waals surface area contributed by atoms with Crippen molar-refractivity contribution in [3.63, 3.8) is 0 Å². The van der Waals surface area contributed by atoms with Gasteiger partial charge in [-0.05, 0) is 89.8 Å². The summed E-state index contributed by atoms with van der Waals surface area (Å²) in [6, 6.07) is 20.4. The maximum absolute atomic E-state index is 5.79. The minimum atomic E-state index is 0.332. The monoisotopic (exact) mass is 434 g/mol.